The summed E-state index contributed by atoms with van der Waals surface area (Å²) in [7, 11) is 0. The van der Waals surface area contributed by atoms with Gasteiger partial charge in [-0.2, -0.15) is 0 Å². The van der Waals surface area contributed by atoms with Crippen molar-refractivity contribution in [1.29, 1.82) is 0 Å². The largest absolute Gasteiger partial charge is 0.395 e. The molecule has 2 nitrogen and oxygen atoms in total. The lowest BCUT2D eigenvalue weighted by Crippen LogP contribution is -2.34. The number of hydrogen-bond donors (Lipinski definition) is 1. The van der Waals surface area contributed by atoms with Crippen LogP contribution in [0.15, 0.2) is 30.3 Å². The second-order valence-corrected chi connectivity index (χ2v) is 4.30. The molecule has 0 aromatic heterocycles. The Morgan fingerprint density at radius 2 is 2.13 bits per heavy atom. The van der Waals surface area contributed by atoms with Gasteiger partial charge in [-0.25, -0.2) is 0 Å². The molecule has 1 aliphatic heterocycles. The quantitative estimate of drug-likeness (QED) is 0.817. The van der Waals surface area contributed by atoms with E-state index in [2.05, 4.69) is 36.1 Å². The average Bonchev–Trinajstić information content (AvgIpc) is 2.77. The first-order valence-electron chi connectivity index (χ1n) is 5.74. The molecule has 0 amide bonds. The highest BCUT2D eigenvalue weighted by Gasteiger charge is 2.28. The highest BCUT2D eigenvalue weighted by atomic mass is 16.3. The summed E-state index contributed by atoms with van der Waals surface area (Å²) >= 11 is 0. The van der Waals surface area contributed by atoms with Crippen molar-refractivity contribution >= 4 is 0 Å². The van der Waals surface area contributed by atoms with E-state index >= 15 is 0 Å². The molecule has 0 aliphatic carbocycles. The topological polar surface area (TPSA) is 23.5 Å². The van der Waals surface area contributed by atoms with Crippen molar-refractivity contribution in [2.24, 2.45) is 0 Å². The number of likely N-dealkylation sites (tertiary alicyclic amines) is 1. The molecule has 2 rings (SSSR count). The van der Waals surface area contributed by atoms with Gasteiger partial charge in [-0.15, -0.1) is 0 Å². The molecular weight excluding hydrogens is 186 g/mol. The van der Waals surface area contributed by atoms with Crippen LogP contribution >= 0.6 is 0 Å². The van der Waals surface area contributed by atoms with Gasteiger partial charge in [0.05, 0.1) is 6.61 Å². The van der Waals surface area contributed by atoms with Crippen molar-refractivity contribution in [3.63, 3.8) is 0 Å². The number of aliphatic hydroxyl groups excluding tert-OH is 1. The predicted octanol–water partition coefficient (Wildman–Crippen LogP) is 2.20. The van der Waals surface area contributed by atoms with Crippen LogP contribution in [0.2, 0.25) is 0 Å². The summed E-state index contributed by atoms with van der Waals surface area (Å²) in [5.74, 6) is 0. The third-order valence-corrected chi connectivity index (χ3v) is 3.41. The van der Waals surface area contributed by atoms with Gasteiger partial charge < -0.3 is 5.11 Å². The molecule has 2 atom stereocenters. The summed E-state index contributed by atoms with van der Waals surface area (Å²) in [6, 6.07) is 11.3. The van der Waals surface area contributed by atoms with Crippen molar-refractivity contribution in [1.82, 2.24) is 4.90 Å². The van der Waals surface area contributed by atoms with Gasteiger partial charge in [0.2, 0.25) is 0 Å². The fraction of sp³-hybridized carbons (Fsp3) is 0.538. The van der Waals surface area contributed by atoms with Crippen LogP contribution < -0.4 is 0 Å². The molecule has 82 valence electrons. The molecule has 2 unspecified atom stereocenters. The summed E-state index contributed by atoms with van der Waals surface area (Å²) in [6.07, 6.45) is 2.34. The van der Waals surface area contributed by atoms with Crippen molar-refractivity contribution < 1.29 is 5.11 Å². The predicted molar refractivity (Wildman–Crippen MR) is 61.7 cm³/mol. The van der Waals surface area contributed by atoms with Crippen LogP contribution in [0.25, 0.3) is 0 Å². The fourth-order valence-corrected chi connectivity index (χ4v) is 2.49. The molecule has 0 saturated carbocycles. The number of rotatable bonds is 3. The molecule has 15 heavy (non-hydrogen) atoms. The monoisotopic (exact) mass is 205 g/mol. The van der Waals surface area contributed by atoms with E-state index in [1.54, 1.807) is 0 Å². The Bertz CT molecular complexity index is 299. The van der Waals surface area contributed by atoms with Crippen LogP contribution in [0.5, 0.6) is 0 Å². The molecule has 0 radical (unpaired) electrons. The standard InChI is InChI=1S/C13H19NO/c1-11(12-6-3-2-4-7-12)14-9-5-8-13(14)10-15/h2-4,6-7,11,13,15H,5,8-10H2,1H3. The van der Waals surface area contributed by atoms with E-state index in [1.807, 2.05) is 6.07 Å². The van der Waals surface area contributed by atoms with Gasteiger partial charge in [0.25, 0.3) is 0 Å². The van der Waals surface area contributed by atoms with Gasteiger partial charge in [0.1, 0.15) is 0 Å². The SMILES string of the molecule is CC(c1ccccc1)N1CCCC1CO. The van der Waals surface area contributed by atoms with E-state index in [0.29, 0.717) is 12.1 Å². The molecule has 1 aliphatic rings. The third kappa shape index (κ3) is 2.21. The highest BCUT2D eigenvalue weighted by molar-refractivity contribution is 5.18. The molecule has 1 N–H and O–H groups in total. The lowest BCUT2D eigenvalue weighted by Gasteiger charge is -2.29. The van der Waals surface area contributed by atoms with E-state index in [9.17, 15) is 5.11 Å². The zero-order valence-electron chi connectivity index (χ0n) is 9.26. The Balaban J connectivity index is 2.10. The summed E-state index contributed by atoms with van der Waals surface area (Å²) in [5.41, 5.74) is 1.35. The van der Waals surface area contributed by atoms with Gasteiger partial charge in [0.15, 0.2) is 0 Å². The van der Waals surface area contributed by atoms with Gasteiger partial charge >= 0.3 is 0 Å². The maximum atomic E-state index is 9.29. The van der Waals surface area contributed by atoms with E-state index in [0.717, 1.165) is 13.0 Å². The average molecular weight is 205 g/mol. The minimum atomic E-state index is 0.289. The first-order chi connectivity index (χ1) is 7.33. The molecule has 1 aromatic carbocycles. The number of nitrogens with zero attached hydrogens (tertiary/aromatic N) is 1. The van der Waals surface area contributed by atoms with Gasteiger partial charge in [-0.1, -0.05) is 30.3 Å². The maximum absolute atomic E-state index is 9.29. The second kappa shape index (κ2) is 4.77. The van der Waals surface area contributed by atoms with Gasteiger partial charge in [-0.05, 0) is 31.9 Å². The summed E-state index contributed by atoms with van der Waals surface area (Å²) in [6.45, 7) is 3.63. The Morgan fingerprint density at radius 3 is 2.80 bits per heavy atom. The van der Waals surface area contributed by atoms with Crippen LogP contribution in [0.4, 0.5) is 0 Å². The molecule has 1 saturated heterocycles. The third-order valence-electron chi connectivity index (χ3n) is 3.41. The molecular formula is C13H19NO. The summed E-state index contributed by atoms with van der Waals surface area (Å²) in [4.78, 5) is 2.41. The number of aliphatic hydroxyl groups is 1. The molecule has 1 aromatic rings. The molecule has 0 spiro atoms. The van der Waals surface area contributed by atoms with Crippen molar-refractivity contribution in [3.05, 3.63) is 35.9 Å². The summed E-state index contributed by atoms with van der Waals surface area (Å²) in [5, 5.41) is 9.29. The van der Waals surface area contributed by atoms with Crippen LogP contribution in [-0.2, 0) is 0 Å². The van der Waals surface area contributed by atoms with Crippen LogP contribution in [0.1, 0.15) is 31.4 Å². The van der Waals surface area contributed by atoms with E-state index in [-0.39, 0.29) is 6.61 Å². The minimum absolute atomic E-state index is 0.289. The van der Waals surface area contributed by atoms with Crippen LogP contribution in [0.3, 0.4) is 0 Å². The zero-order chi connectivity index (χ0) is 10.7. The first-order valence-corrected chi connectivity index (χ1v) is 5.74. The Hall–Kier alpha value is -0.860. The highest BCUT2D eigenvalue weighted by Crippen LogP contribution is 2.28. The number of benzene rings is 1. The number of hydrogen-bond acceptors (Lipinski definition) is 2. The molecule has 1 fully saturated rings. The lowest BCUT2D eigenvalue weighted by atomic mass is 10.1. The zero-order valence-corrected chi connectivity index (χ0v) is 9.26. The van der Waals surface area contributed by atoms with Crippen molar-refractivity contribution in [3.8, 4) is 0 Å². The van der Waals surface area contributed by atoms with E-state index < -0.39 is 0 Å². The van der Waals surface area contributed by atoms with E-state index in [4.69, 9.17) is 0 Å². The maximum Gasteiger partial charge on any atom is 0.0587 e. The van der Waals surface area contributed by atoms with Crippen molar-refractivity contribution in [2.45, 2.75) is 31.8 Å². The van der Waals surface area contributed by atoms with Gasteiger partial charge in [0, 0.05) is 12.1 Å². The van der Waals surface area contributed by atoms with Gasteiger partial charge in [-0.3, -0.25) is 4.90 Å². The summed E-state index contributed by atoms with van der Waals surface area (Å²) < 4.78 is 0. The first kappa shape index (κ1) is 10.7. The Morgan fingerprint density at radius 1 is 1.40 bits per heavy atom. The van der Waals surface area contributed by atoms with Crippen molar-refractivity contribution in [2.75, 3.05) is 13.2 Å². The Kier molecular flexibility index (Phi) is 3.39. The van der Waals surface area contributed by atoms with Crippen LogP contribution in [-0.4, -0.2) is 29.2 Å². The Labute approximate surface area is 91.5 Å². The minimum Gasteiger partial charge on any atom is -0.395 e. The lowest BCUT2D eigenvalue weighted by molar-refractivity contribution is 0.126. The molecule has 2 heteroatoms. The van der Waals surface area contributed by atoms with Crippen LogP contribution in [0, 0.1) is 0 Å². The molecule has 0 bridgehead atoms. The molecule has 1 heterocycles. The second-order valence-electron chi connectivity index (χ2n) is 4.30. The smallest absolute Gasteiger partial charge is 0.0587 e. The van der Waals surface area contributed by atoms with E-state index in [1.165, 1.54) is 12.0 Å². The fourth-order valence-electron chi connectivity index (χ4n) is 2.49. The normalized spacial score (nSPS) is 24.3.